The number of methoxy groups -OCH3 is 1. The number of hydrogen-bond acceptors (Lipinski definition) is 4. The molecule has 0 aromatic heterocycles. The van der Waals surface area contributed by atoms with Crippen LogP contribution in [0.15, 0.2) is 0 Å². The second-order valence-corrected chi connectivity index (χ2v) is 12.6. The van der Waals surface area contributed by atoms with Crippen molar-refractivity contribution in [1.82, 2.24) is 10.6 Å². The molecule has 2 N–H and O–H groups in total. The van der Waals surface area contributed by atoms with Gasteiger partial charge >= 0.3 is 5.97 Å². The lowest BCUT2D eigenvalue weighted by Gasteiger charge is -2.31. The van der Waals surface area contributed by atoms with Crippen LogP contribution in [-0.4, -0.2) is 45.1 Å². The van der Waals surface area contributed by atoms with E-state index in [1.54, 1.807) is 0 Å². The van der Waals surface area contributed by atoms with Crippen molar-refractivity contribution >= 4 is 25.9 Å². The van der Waals surface area contributed by atoms with Crippen LogP contribution in [0.1, 0.15) is 40.0 Å². The first-order valence-electron chi connectivity index (χ1n) is 8.15. The second kappa shape index (κ2) is 7.84. The van der Waals surface area contributed by atoms with E-state index in [4.69, 9.17) is 4.74 Å². The van der Waals surface area contributed by atoms with E-state index in [-0.39, 0.29) is 23.3 Å². The summed E-state index contributed by atoms with van der Waals surface area (Å²) in [6.45, 7) is 10.8. The summed E-state index contributed by atoms with van der Waals surface area (Å²) in [7, 11) is -0.496. The predicted molar refractivity (Wildman–Crippen MR) is 94.7 cm³/mol. The monoisotopic (exact) mass is 352 g/mol. The minimum atomic E-state index is -1.77. The summed E-state index contributed by atoms with van der Waals surface area (Å²) in [5.74, 6) is 2.01. The molecule has 0 bridgehead atoms. The van der Waals surface area contributed by atoms with Crippen molar-refractivity contribution in [3.05, 3.63) is 0 Å². The molecule has 134 valence electrons. The summed E-state index contributed by atoms with van der Waals surface area (Å²) in [5, 5.41) is 5.35. The number of carbonyl (C=O) groups excluding carboxylic acids is 3. The van der Waals surface area contributed by atoms with Crippen LogP contribution in [-0.2, 0) is 19.1 Å². The third kappa shape index (κ3) is 5.37. The van der Waals surface area contributed by atoms with Gasteiger partial charge in [-0.15, -0.1) is 11.5 Å². The molecule has 0 unspecified atom stereocenters. The molecule has 6 nitrogen and oxygen atoms in total. The van der Waals surface area contributed by atoms with Crippen LogP contribution < -0.4 is 10.6 Å². The SMILES string of the molecule is COC(=O)[C@@H](CC#C[Si](C)(C)C(C)(C)C)NC(=O)[C@@H]1CCC(=O)N1. The van der Waals surface area contributed by atoms with Crippen LogP contribution in [0.25, 0.3) is 0 Å². The lowest BCUT2D eigenvalue weighted by molar-refractivity contribution is -0.145. The van der Waals surface area contributed by atoms with Crippen LogP contribution in [0.5, 0.6) is 0 Å². The summed E-state index contributed by atoms with van der Waals surface area (Å²) in [5.41, 5.74) is 3.32. The quantitative estimate of drug-likeness (QED) is 0.455. The molecule has 1 aliphatic rings. The summed E-state index contributed by atoms with van der Waals surface area (Å²) >= 11 is 0. The molecule has 2 amide bonds. The number of hydrogen-bond donors (Lipinski definition) is 2. The first kappa shape index (κ1) is 20.2. The van der Waals surface area contributed by atoms with Crippen LogP contribution in [0.3, 0.4) is 0 Å². The fraction of sp³-hybridized carbons (Fsp3) is 0.706. The Morgan fingerprint density at radius 1 is 1.42 bits per heavy atom. The number of nitrogens with one attached hydrogen (secondary N) is 2. The van der Waals surface area contributed by atoms with Crippen molar-refractivity contribution in [1.29, 1.82) is 0 Å². The number of esters is 1. The number of ether oxygens (including phenoxy) is 1. The van der Waals surface area contributed by atoms with Gasteiger partial charge in [-0.3, -0.25) is 9.59 Å². The highest BCUT2D eigenvalue weighted by atomic mass is 28.3. The minimum absolute atomic E-state index is 0.123. The summed E-state index contributed by atoms with van der Waals surface area (Å²) in [6.07, 6.45) is 0.964. The van der Waals surface area contributed by atoms with Crippen LogP contribution >= 0.6 is 0 Å². The molecule has 0 aromatic rings. The van der Waals surface area contributed by atoms with Gasteiger partial charge in [-0.05, 0) is 11.5 Å². The van der Waals surface area contributed by atoms with Gasteiger partial charge in [0.25, 0.3) is 0 Å². The molecule has 0 saturated carbocycles. The van der Waals surface area contributed by atoms with Crippen molar-refractivity contribution in [2.45, 2.75) is 70.2 Å². The van der Waals surface area contributed by atoms with Gasteiger partial charge in [0.15, 0.2) is 0 Å². The molecule has 7 heteroatoms. The summed E-state index contributed by atoms with van der Waals surface area (Å²) < 4.78 is 4.75. The predicted octanol–water partition coefficient (Wildman–Crippen LogP) is 1.36. The van der Waals surface area contributed by atoms with Crippen LogP contribution in [0, 0.1) is 11.5 Å². The molecule has 0 spiro atoms. The van der Waals surface area contributed by atoms with Crippen LogP contribution in [0.4, 0.5) is 0 Å². The number of rotatable bonds is 4. The molecule has 0 radical (unpaired) electrons. The maximum atomic E-state index is 12.2. The normalized spacial score (nSPS) is 18.9. The van der Waals surface area contributed by atoms with Gasteiger partial charge in [0, 0.05) is 12.8 Å². The molecular weight excluding hydrogens is 324 g/mol. The molecule has 2 atom stereocenters. The first-order chi connectivity index (χ1) is 11.0. The average molecular weight is 353 g/mol. The third-order valence-corrected chi connectivity index (χ3v) is 9.25. The van der Waals surface area contributed by atoms with Gasteiger partial charge in [0.1, 0.15) is 20.2 Å². The maximum absolute atomic E-state index is 12.2. The Bertz CT molecular complexity index is 569. The smallest absolute Gasteiger partial charge is 0.329 e. The van der Waals surface area contributed by atoms with Crippen molar-refractivity contribution in [2.24, 2.45) is 0 Å². The van der Waals surface area contributed by atoms with E-state index < -0.39 is 26.1 Å². The van der Waals surface area contributed by atoms with Gasteiger partial charge in [0.05, 0.1) is 7.11 Å². The molecule has 1 rings (SSSR count). The summed E-state index contributed by atoms with van der Waals surface area (Å²) in [6, 6.07) is -1.41. The van der Waals surface area contributed by atoms with E-state index >= 15 is 0 Å². The molecule has 1 saturated heterocycles. The van der Waals surface area contributed by atoms with Crippen LogP contribution in [0.2, 0.25) is 18.1 Å². The second-order valence-electron chi connectivity index (χ2n) is 7.62. The van der Waals surface area contributed by atoms with E-state index in [0.29, 0.717) is 12.8 Å². The van der Waals surface area contributed by atoms with Gasteiger partial charge < -0.3 is 15.4 Å². The van der Waals surface area contributed by atoms with Gasteiger partial charge in [-0.1, -0.05) is 33.9 Å². The fourth-order valence-corrected chi connectivity index (χ4v) is 2.90. The maximum Gasteiger partial charge on any atom is 0.329 e. The fourth-order valence-electron chi connectivity index (χ4n) is 1.98. The molecule has 0 aliphatic carbocycles. The van der Waals surface area contributed by atoms with Crippen molar-refractivity contribution in [2.75, 3.05) is 7.11 Å². The van der Waals surface area contributed by atoms with Gasteiger partial charge in [-0.2, -0.15) is 0 Å². The highest BCUT2D eigenvalue weighted by Crippen LogP contribution is 2.35. The van der Waals surface area contributed by atoms with Crippen molar-refractivity contribution in [3.63, 3.8) is 0 Å². The van der Waals surface area contributed by atoms with E-state index in [1.807, 2.05) is 0 Å². The topological polar surface area (TPSA) is 84.5 Å². The van der Waals surface area contributed by atoms with Gasteiger partial charge in [-0.25, -0.2) is 4.79 Å². The molecule has 24 heavy (non-hydrogen) atoms. The van der Waals surface area contributed by atoms with Crippen molar-refractivity contribution < 1.29 is 19.1 Å². The zero-order valence-corrected chi connectivity index (χ0v) is 16.4. The Hall–Kier alpha value is -1.81. The zero-order chi connectivity index (χ0) is 18.5. The minimum Gasteiger partial charge on any atom is -0.467 e. The van der Waals surface area contributed by atoms with Gasteiger partial charge in [0.2, 0.25) is 11.8 Å². The molecular formula is C17H28N2O4Si. The first-order valence-corrected chi connectivity index (χ1v) is 11.2. The van der Waals surface area contributed by atoms with E-state index in [1.165, 1.54) is 7.11 Å². The molecule has 1 aliphatic heterocycles. The Labute approximate surface area is 145 Å². The lowest BCUT2D eigenvalue weighted by Crippen LogP contribution is -2.49. The molecule has 1 heterocycles. The highest BCUT2D eigenvalue weighted by Gasteiger charge is 2.34. The number of amides is 2. The standard InChI is InChI=1S/C17H28N2O4Si/c1-17(2,3)24(5,6)11-7-8-13(16(22)23-4)19-15(21)12-9-10-14(20)18-12/h12-13H,8-10H2,1-6H3,(H,18,20)(H,19,21)/t12-,13+/m0/s1. The molecule has 0 aromatic carbocycles. The Morgan fingerprint density at radius 2 is 2.04 bits per heavy atom. The summed E-state index contributed by atoms with van der Waals surface area (Å²) in [4.78, 5) is 35.3. The Balaban J connectivity index is 2.76. The van der Waals surface area contributed by atoms with Crippen molar-refractivity contribution in [3.8, 4) is 11.5 Å². The van der Waals surface area contributed by atoms with E-state index in [9.17, 15) is 14.4 Å². The van der Waals surface area contributed by atoms with E-state index in [0.717, 1.165) is 0 Å². The Kier molecular flexibility index (Phi) is 6.61. The highest BCUT2D eigenvalue weighted by molar-refractivity contribution is 6.87. The van der Waals surface area contributed by atoms with E-state index in [2.05, 4.69) is 56.0 Å². The number of carbonyl (C=O) groups is 3. The third-order valence-electron chi connectivity index (χ3n) is 4.70. The molecule has 1 fully saturated rings. The largest absolute Gasteiger partial charge is 0.467 e. The zero-order valence-electron chi connectivity index (χ0n) is 15.4. The lowest BCUT2D eigenvalue weighted by atomic mass is 10.1. The average Bonchev–Trinajstić information content (AvgIpc) is 2.90. The Morgan fingerprint density at radius 3 is 2.50 bits per heavy atom.